The number of rotatable bonds is 7. The molecule has 3 N–H and O–H groups in total. The average molecular weight is 435 g/mol. The van der Waals surface area contributed by atoms with Crippen LogP contribution >= 0.6 is 11.6 Å². The summed E-state index contributed by atoms with van der Waals surface area (Å²) in [4.78, 5) is 21.1. The van der Waals surface area contributed by atoms with Gasteiger partial charge in [-0.25, -0.2) is 9.97 Å². The van der Waals surface area contributed by atoms with Gasteiger partial charge in [0, 0.05) is 41.8 Å². The van der Waals surface area contributed by atoms with Gasteiger partial charge in [-0.15, -0.1) is 0 Å². The number of nitrogens with zero attached hydrogens (tertiary/aromatic N) is 3. The third kappa shape index (κ3) is 4.68. The molecule has 7 nitrogen and oxygen atoms in total. The van der Waals surface area contributed by atoms with Gasteiger partial charge >= 0.3 is 0 Å². The molecule has 0 saturated heterocycles. The van der Waals surface area contributed by atoms with Gasteiger partial charge in [-0.05, 0) is 36.8 Å². The SMILES string of the molecule is CNc1nccn2c(-c3ccc(NC(=O)CNC(C)c4ccc(Cl)cc4)cc3)cnc12. The molecule has 0 radical (unpaired) electrons. The van der Waals surface area contributed by atoms with Gasteiger partial charge in [0.05, 0.1) is 18.4 Å². The Hall–Kier alpha value is -3.42. The summed E-state index contributed by atoms with van der Waals surface area (Å²) >= 11 is 5.93. The van der Waals surface area contributed by atoms with Gasteiger partial charge < -0.3 is 16.0 Å². The number of carbonyl (C=O) groups excluding carboxylic acids is 1. The van der Waals surface area contributed by atoms with Crippen LogP contribution in [0, 0.1) is 0 Å². The van der Waals surface area contributed by atoms with Crippen molar-refractivity contribution >= 4 is 34.7 Å². The maximum absolute atomic E-state index is 12.3. The smallest absolute Gasteiger partial charge is 0.238 e. The number of fused-ring (bicyclic) bond motifs is 1. The summed E-state index contributed by atoms with van der Waals surface area (Å²) in [6.45, 7) is 2.22. The van der Waals surface area contributed by atoms with E-state index in [0.29, 0.717) is 5.02 Å². The molecule has 0 bridgehead atoms. The molecular weight excluding hydrogens is 412 g/mol. The van der Waals surface area contributed by atoms with Crippen LogP contribution < -0.4 is 16.0 Å². The van der Waals surface area contributed by atoms with Crippen LogP contribution in [-0.2, 0) is 4.79 Å². The minimum atomic E-state index is -0.104. The molecule has 0 aliphatic carbocycles. The molecule has 1 atom stereocenters. The highest BCUT2D eigenvalue weighted by Gasteiger charge is 2.11. The molecule has 2 aromatic heterocycles. The van der Waals surface area contributed by atoms with Crippen molar-refractivity contribution in [3.8, 4) is 11.3 Å². The van der Waals surface area contributed by atoms with Gasteiger partial charge in [-0.1, -0.05) is 35.9 Å². The van der Waals surface area contributed by atoms with E-state index in [4.69, 9.17) is 11.6 Å². The van der Waals surface area contributed by atoms with Crippen molar-refractivity contribution in [2.24, 2.45) is 0 Å². The zero-order valence-electron chi connectivity index (χ0n) is 17.3. The van der Waals surface area contributed by atoms with E-state index in [1.165, 1.54) is 0 Å². The Bertz CT molecular complexity index is 1190. The highest BCUT2D eigenvalue weighted by Crippen LogP contribution is 2.24. The van der Waals surface area contributed by atoms with E-state index in [-0.39, 0.29) is 18.5 Å². The van der Waals surface area contributed by atoms with E-state index in [1.807, 2.05) is 79.3 Å². The molecule has 158 valence electrons. The fourth-order valence-electron chi connectivity index (χ4n) is 3.35. The van der Waals surface area contributed by atoms with Gasteiger partial charge in [-0.2, -0.15) is 0 Å². The Morgan fingerprint density at radius 2 is 1.84 bits per heavy atom. The lowest BCUT2D eigenvalue weighted by molar-refractivity contribution is -0.115. The lowest BCUT2D eigenvalue weighted by atomic mass is 10.1. The predicted molar refractivity (Wildman–Crippen MR) is 124 cm³/mol. The summed E-state index contributed by atoms with van der Waals surface area (Å²) in [5.74, 6) is 0.617. The molecular formula is C23H23ClN6O. The molecule has 4 aromatic rings. The first kappa shape index (κ1) is 20.8. The van der Waals surface area contributed by atoms with Gasteiger partial charge in [-0.3, -0.25) is 9.20 Å². The third-order valence-corrected chi connectivity index (χ3v) is 5.32. The zero-order chi connectivity index (χ0) is 21.8. The van der Waals surface area contributed by atoms with E-state index in [2.05, 4.69) is 25.9 Å². The molecule has 0 aliphatic rings. The Morgan fingerprint density at radius 3 is 2.55 bits per heavy atom. The van der Waals surface area contributed by atoms with Crippen LogP contribution in [0.25, 0.3) is 16.9 Å². The maximum atomic E-state index is 12.3. The van der Waals surface area contributed by atoms with Crippen LogP contribution in [0.1, 0.15) is 18.5 Å². The number of carbonyl (C=O) groups is 1. The molecule has 0 fully saturated rings. The molecule has 8 heteroatoms. The lowest BCUT2D eigenvalue weighted by Crippen LogP contribution is -2.30. The van der Waals surface area contributed by atoms with E-state index >= 15 is 0 Å². The second-order valence-electron chi connectivity index (χ2n) is 7.14. The quantitative estimate of drug-likeness (QED) is 0.402. The molecule has 2 aromatic carbocycles. The van der Waals surface area contributed by atoms with Crippen LogP contribution in [0.15, 0.2) is 67.1 Å². The largest absolute Gasteiger partial charge is 0.370 e. The maximum Gasteiger partial charge on any atom is 0.238 e. The summed E-state index contributed by atoms with van der Waals surface area (Å²) in [5.41, 5.74) is 4.52. The van der Waals surface area contributed by atoms with Crippen molar-refractivity contribution in [2.45, 2.75) is 13.0 Å². The van der Waals surface area contributed by atoms with Crippen molar-refractivity contribution in [1.29, 1.82) is 0 Å². The third-order valence-electron chi connectivity index (χ3n) is 5.07. The van der Waals surface area contributed by atoms with Gasteiger partial charge in [0.15, 0.2) is 11.5 Å². The topological polar surface area (TPSA) is 83.3 Å². The van der Waals surface area contributed by atoms with E-state index in [1.54, 1.807) is 6.20 Å². The standard InChI is InChI=1S/C23H23ClN6O/c1-15(16-3-7-18(24)8-4-16)27-14-21(31)29-19-9-5-17(6-10-19)20-13-28-23-22(25-2)26-11-12-30(20)23/h3-13,15,27H,14H2,1-2H3,(H,25,26)(H,29,31). The summed E-state index contributed by atoms with van der Waals surface area (Å²) < 4.78 is 1.98. The first-order valence-electron chi connectivity index (χ1n) is 9.94. The lowest BCUT2D eigenvalue weighted by Gasteiger charge is -2.14. The minimum Gasteiger partial charge on any atom is -0.370 e. The van der Waals surface area contributed by atoms with Crippen molar-refractivity contribution in [1.82, 2.24) is 19.7 Å². The van der Waals surface area contributed by atoms with Crippen molar-refractivity contribution in [3.63, 3.8) is 0 Å². The highest BCUT2D eigenvalue weighted by molar-refractivity contribution is 6.30. The monoisotopic (exact) mass is 434 g/mol. The second-order valence-corrected chi connectivity index (χ2v) is 7.58. The fraction of sp³-hybridized carbons (Fsp3) is 0.174. The number of imidazole rings is 1. The predicted octanol–water partition coefficient (Wildman–Crippen LogP) is 4.38. The number of hydrogen-bond acceptors (Lipinski definition) is 5. The Morgan fingerprint density at radius 1 is 1.10 bits per heavy atom. The number of anilines is 2. The molecule has 1 unspecified atom stereocenters. The number of halogens is 1. The van der Waals surface area contributed by atoms with Crippen molar-refractivity contribution < 1.29 is 4.79 Å². The van der Waals surface area contributed by atoms with Crippen molar-refractivity contribution in [3.05, 3.63) is 77.7 Å². The van der Waals surface area contributed by atoms with Gasteiger partial charge in [0.2, 0.25) is 5.91 Å². The van der Waals surface area contributed by atoms with E-state index in [0.717, 1.165) is 34.0 Å². The first-order valence-corrected chi connectivity index (χ1v) is 10.3. The minimum absolute atomic E-state index is 0.0394. The molecule has 4 rings (SSSR count). The highest BCUT2D eigenvalue weighted by atomic mass is 35.5. The first-order chi connectivity index (χ1) is 15.0. The number of nitrogens with one attached hydrogen (secondary N) is 3. The molecule has 0 saturated carbocycles. The Balaban J connectivity index is 1.38. The molecule has 0 aliphatic heterocycles. The number of amides is 1. The van der Waals surface area contributed by atoms with Crippen LogP contribution in [0.3, 0.4) is 0 Å². The van der Waals surface area contributed by atoms with Gasteiger partial charge in [0.1, 0.15) is 0 Å². The summed E-state index contributed by atoms with van der Waals surface area (Å²) in [5, 5.41) is 9.88. The zero-order valence-corrected chi connectivity index (χ0v) is 18.0. The average Bonchev–Trinajstić information content (AvgIpc) is 3.23. The van der Waals surface area contributed by atoms with E-state index < -0.39 is 0 Å². The summed E-state index contributed by atoms with van der Waals surface area (Å²) in [7, 11) is 1.82. The normalized spacial score (nSPS) is 12.0. The number of aromatic nitrogens is 3. The number of benzene rings is 2. The fourth-order valence-corrected chi connectivity index (χ4v) is 3.48. The van der Waals surface area contributed by atoms with Crippen LogP contribution in [0.5, 0.6) is 0 Å². The number of hydrogen-bond donors (Lipinski definition) is 3. The van der Waals surface area contributed by atoms with Gasteiger partial charge in [0.25, 0.3) is 0 Å². The molecule has 31 heavy (non-hydrogen) atoms. The van der Waals surface area contributed by atoms with Crippen LogP contribution in [-0.4, -0.2) is 33.9 Å². The van der Waals surface area contributed by atoms with Crippen LogP contribution in [0.2, 0.25) is 5.02 Å². The second kappa shape index (κ2) is 9.16. The Kier molecular flexibility index (Phi) is 6.16. The molecule has 2 heterocycles. The van der Waals surface area contributed by atoms with E-state index in [9.17, 15) is 4.79 Å². The van der Waals surface area contributed by atoms with Crippen LogP contribution in [0.4, 0.5) is 11.5 Å². The van der Waals surface area contributed by atoms with Crippen molar-refractivity contribution in [2.75, 3.05) is 24.2 Å². The molecule has 1 amide bonds. The Labute approximate surface area is 185 Å². The molecule has 0 spiro atoms. The summed E-state index contributed by atoms with van der Waals surface area (Å²) in [6, 6.07) is 15.3. The summed E-state index contributed by atoms with van der Waals surface area (Å²) in [6.07, 6.45) is 5.42.